The van der Waals surface area contributed by atoms with E-state index in [0.29, 0.717) is 23.1 Å². The molecule has 4 rings (SSSR count). The average molecular weight is 462 g/mol. The Hall–Kier alpha value is -3.85. The lowest BCUT2D eigenvalue weighted by atomic mass is 10.0. The molecule has 0 saturated carbocycles. The topological polar surface area (TPSA) is 82.6 Å². The Morgan fingerprint density at radius 2 is 1.69 bits per heavy atom. The number of benzene rings is 3. The molecule has 162 valence electrons. The molecule has 10 heteroatoms. The van der Waals surface area contributed by atoms with E-state index < -0.39 is 33.7 Å². The summed E-state index contributed by atoms with van der Waals surface area (Å²) in [7, 11) is 0. The fourth-order valence-electron chi connectivity index (χ4n) is 3.14. The molecule has 0 fully saturated rings. The normalized spacial score (nSPS) is 11.5. The van der Waals surface area contributed by atoms with Crippen LogP contribution in [0.3, 0.4) is 0 Å². The molecule has 0 aliphatic heterocycles. The Bertz CT molecular complexity index is 1400. The zero-order chi connectivity index (χ0) is 23.0. The lowest BCUT2D eigenvalue weighted by molar-refractivity contribution is -0.385. The molecule has 0 bridgehead atoms. The monoisotopic (exact) mass is 461 g/mol. The first-order valence-electron chi connectivity index (χ1n) is 9.00. The van der Waals surface area contributed by atoms with Gasteiger partial charge in [0, 0.05) is 23.6 Å². The van der Waals surface area contributed by atoms with Gasteiger partial charge in [-0.15, -0.1) is 0 Å². The molecule has 0 radical (unpaired) electrons. The van der Waals surface area contributed by atoms with Gasteiger partial charge in [0.25, 0.3) is 0 Å². The minimum atomic E-state index is -4.76. The van der Waals surface area contributed by atoms with Gasteiger partial charge in [-0.05, 0) is 29.3 Å². The quantitative estimate of drug-likeness (QED) is 0.189. The maximum absolute atomic E-state index is 12.9. The summed E-state index contributed by atoms with van der Waals surface area (Å²) in [4.78, 5) is 22.4. The third-order valence-electron chi connectivity index (χ3n) is 4.58. The zero-order valence-electron chi connectivity index (χ0n) is 15.9. The Morgan fingerprint density at radius 3 is 2.34 bits per heavy atom. The molecule has 0 aliphatic rings. The predicted molar refractivity (Wildman–Crippen MR) is 111 cm³/mol. The van der Waals surface area contributed by atoms with Crippen molar-refractivity contribution >= 4 is 28.3 Å². The molecular weight excluding hydrogens is 451 g/mol. The first kappa shape index (κ1) is 21.4. The maximum Gasteiger partial charge on any atom is 0.416 e. The van der Waals surface area contributed by atoms with Crippen molar-refractivity contribution < 1.29 is 27.2 Å². The highest BCUT2D eigenvalue weighted by atomic mass is 35.5. The van der Waals surface area contributed by atoms with Crippen LogP contribution in [0, 0.1) is 10.1 Å². The van der Waals surface area contributed by atoms with E-state index in [0.717, 1.165) is 11.6 Å². The van der Waals surface area contributed by atoms with Crippen LogP contribution in [0.25, 0.3) is 22.1 Å². The van der Waals surface area contributed by atoms with Crippen molar-refractivity contribution in [3.8, 4) is 22.6 Å². The Balaban J connectivity index is 1.83. The summed E-state index contributed by atoms with van der Waals surface area (Å²) in [6.45, 7) is 0. The third kappa shape index (κ3) is 4.15. The number of hydrogen-bond acceptors (Lipinski definition) is 5. The van der Waals surface area contributed by atoms with E-state index in [1.807, 2.05) is 6.07 Å². The number of nitrogens with zero attached hydrogens (tertiary/aromatic N) is 1. The number of hydrogen-bond donors (Lipinski definition) is 0. The zero-order valence-corrected chi connectivity index (χ0v) is 16.6. The Labute approximate surface area is 182 Å². The molecule has 1 aromatic heterocycles. The molecule has 0 spiro atoms. The van der Waals surface area contributed by atoms with Gasteiger partial charge in [0.2, 0.25) is 5.75 Å². The van der Waals surface area contributed by atoms with E-state index in [2.05, 4.69) is 0 Å². The van der Waals surface area contributed by atoms with E-state index in [4.69, 9.17) is 20.8 Å². The van der Waals surface area contributed by atoms with Crippen LogP contribution in [0.1, 0.15) is 5.56 Å². The molecule has 0 saturated heterocycles. The lowest BCUT2D eigenvalue weighted by Crippen LogP contribution is -2.06. The average Bonchev–Trinajstić information content (AvgIpc) is 2.74. The molecule has 32 heavy (non-hydrogen) atoms. The molecule has 1 heterocycles. The van der Waals surface area contributed by atoms with Crippen molar-refractivity contribution in [2.24, 2.45) is 0 Å². The SMILES string of the molecule is O=c1cc(-c2ccccc2)c2cc(Cl)c(Oc3ccc(C(F)(F)F)cc3[N+](=O)[O-])cc2o1. The van der Waals surface area contributed by atoms with Crippen molar-refractivity contribution in [1.82, 2.24) is 0 Å². The first-order chi connectivity index (χ1) is 15.1. The molecular formula is C22H11ClF3NO5. The van der Waals surface area contributed by atoms with Crippen LogP contribution >= 0.6 is 11.6 Å². The number of rotatable bonds is 4. The fourth-order valence-corrected chi connectivity index (χ4v) is 3.34. The van der Waals surface area contributed by atoms with Crippen LogP contribution in [0.2, 0.25) is 5.02 Å². The van der Waals surface area contributed by atoms with Gasteiger partial charge in [-0.3, -0.25) is 10.1 Å². The smallest absolute Gasteiger partial charge is 0.416 e. The molecule has 0 aliphatic carbocycles. The highest BCUT2D eigenvalue weighted by Crippen LogP contribution is 2.41. The molecule has 0 atom stereocenters. The van der Waals surface area contributed by atoms with Gasteiger partial charge in [-0.1, -0.05) is 41.9 Å². The fraction of sp³-hybridized carbons (Fsp3) is 0.0455. The van der Waals surface area contributed by atoms with Gasteiger partial charge in [0.1, 0.15) is 11.3 Å². The summed E-state index contributed by atoms with van der Waals surface area (Å²) in [5.41, 5.74) is -1.37. The van der Waals surface area contributed by atoms with Crippen LogP contribution in [-0.4, -0.2) is 4.92 Å². The third-order valence-corrected chi connectivity index (χ3v) is 4.88. The number of fused-ring (bicyclic) bond motifs is 1. The number of halogens is 4. The molecule has 0 N–H and O–H groups in total. The van der Waals surface area contributed by atoms with Crippen LogP contribution in [-0.2, 0) is 6.18 Å². The summed E-state index contributed by atoms with van der Waals surface area (Å²) in [6, 6.07) is 14.8. The van der Waals surface area contributed by atoms with Gasteiger partial charge < -0.3 is 9.15 Å². The highest BCUT2D eigenvalue weighted by Gasteiger charge is 2.33. The van der Waals surface area contributed by atoms with Crippen molar-refractivity contribution in [3.05, 3.63) is 97.9 Å². The van der Waals surface area contributed by atoms with E-state index >= 15 is 0 Å². The van der Waals surface area contributed by atoms with E-state index in [1.54, 1.807) is 24.3 Å². The standard InChI is InChI=1S/C22H11ClF3NO5/c23-16-9-15-14(12-4-2-1-3-5-12)10-21(28)32-19(15)11-20(16)31-18-7-6-13(22(24,25)26)8-17(18)27(29)30/h1-11H. The summed E-state index contributed by atoms with van der Waals surface area (Å²) in [5.74, 6) is -0.582. The van der Waals surface area contributed by atoms with Crippen molar-refractivity contribution in [3.63, 3.8) is 0 Å². The maximum atomic E-state index is 12.9. The summed E-state index contributed by atoms with van der Waals surface area (Å²) >= 11 is 6.29. The van der Waals surface area contributed by atoms with E-state index in [9.17, 15) is 28.1 Å². The largest absolute Gasteiger partial charge is 0.448 e. The second kappa shape index (κ2) is 8.01. The first-order valence-corrected chi connectivity index (χ1v) is 9.37. The molecule has 0 amide bonds. The molecule has 6 nitrogen and oxygen atoms in total. The van der Waals surface area contributed by atoms with Gasteiger partial charge >= 0.3 is 17.5 Å². The van der Waals surface area contributed by atoms with Gasteiger partial charge in [-0.25, -0.2) is 4.79 Å². The minimum Gasteiger partial charge on any atom is -0.448 e. The van der Waals surface area contributed by atoms with Crippen molar-refractivity contribution in [2.75, 3.05) is 0 Å². The number of alkyl halides is 3. The van der Waals surface area contributed by atoms with Gasteiger partial charge in [0.15, 0.2) is 0 Å². The van der Waals surface area contributed by atoms with Gasteiger partial charge in [-0.2, -0.15) is 13.2 Å². The van der Waals surface area contributed by atoms with Crippen molar-refractivity contribution in [2.45, 2.75) is 6.18 Å². The summed E-state index contributed by atoms with van der Waals surface area (Å²) < 4.78 is 49.4. The summed E-state index contributed by atoms with van der Waals surface area (Å²) in [6.07, 6.45) is -4.76. The van der Waals surface area contributed by atoms with Gasteiger partial charge in [0.05, 0.1) is 15.5 Å². The van der Waals surface area contributed by atoms with Crippen LogP contribution in [0.15, 0.2) is 75.9 Å². The van der Waals surface area contributed by atoms with Crippen LogP contribution in [0.5, 0.6) is 11.5 Å². The van der Waals surface area contributed by atoms with Crippen molar-refractivity contribution in [1.29, 1.82) is 0 Å². The number of nitro benzene ring substituents is 1. The minimum absolute atomic E-state index is 0.0118. The second-order valence-corrected chi connectivity index (χ2v) is 7.07. The molecule has 3 aromatic carbocycles. The Kier molecular flexibility index (Phi) is 5.35. The lowest BCUT2D eigenvalue weighted by Gasteiger charge is -2.12. The highest BCUT2D eigenvalue weighted by molar-refractivity contribution is 6.33. The predicted octanol–water partition coefficient (Wildman–Crippen LogP) is 6.83. The molecule has 4 aromatic rings. The Morgan fingerprint density at radius 1 is 0.969 bits per heavy atom. The number of ether oxygens (including phenoxy) is 1. The van der Waals surface area contributed by atoms with E-state index in [-0.39, 0.29) is 16.4 Å². The second-order valence-electron chi connectivity index (χ2n) is 6.66. The molecule has 0 unspecified atom stereocenters. The summed E-state index contributed by atoms with van der Waals surface area (Å²) in [5, 5.41) is 11.8. The van der Waals surface area contributed by atoms with E-state index in [1.165, 1.54) is 18.2 Å². The van der Waals surface area contributed by atoms with Crippen LogP contribution < -0.4 is 10.4 Å². The van der Waals surface area contributed by atoms with Crippen LogP contribution in [0.4, 0.5) is 18.9 Å². The number of nitro groups is 1.